The highest BCUT2D eigenvalue weighted by Gasteiger charge is 2.17. The lowest BCUT2D eigenvalue weighted by atomic mass is 10.1. The predicted octanol–water partition coefficient (Wildman–Crippen LogP) is 0.228. The molecule has 0 aliphatic carbocycles. The first-order chi connectivity index (χ1) is 7.49. The summed E-state index contributed by atoms with van der Waals surface area (Å²) in [5.74, 6) is -0.477. The standard InChI is InChI=1S/C11H23N3O2/c1-9(2)14(8-10(13)15)11(16)6-4-3-5-7-12/h9H,3-8,12H2,1-2H3,(H2,13,15). The zero-order valence-electron chi connectivity index (χ0n) is 10.2. The van der Waals surface area contributed by atoms with Gasteiger partial charge in [0.1, 0.15) is 0 Å². The van der Waals surface area contributed by atoms with E-state index in [1.54, 1.807) is 0 Å². The van der Waals surface area contributed by atoms with Crippen molar-refractivity contribution in [2.75, 3.05) is 13.1 Å². The first kappa shape index (κ1) is 14.9. The van der Waals surface area contributed by atoms with Crippen LogP contribution in [0.5, 0.6) is 0 Å². The molecule has 0 saturated carbocycles. The molecule has 0 bridgehead atoms. The minimum atomic E-state index is -0.469. The lowest BCUT2D eigenvalue weighted by molar-refractivity contribution is -0.137. The summed E-state index contributed by atoms with van der Waals surface area (Å²) >= 11 is 0. The maximum Gasteiger partial charge on any atom is 0.237 e. The van der Waals surface area contributed by atoms with Gasteiger partial charge in [0.2, 0.25) is 11.8 Å². The van der Waals surface area contributed by atoms with Crippen molar-refractivity contribution in [3.63, 3.8) is 0 Å². The van der Waals surface area contributed by atoms with Crippen LogP contribution in [0.2, 0.25) is 0 Å². The molecule has 5 nitrogen and oxygen atoms in total. The average Bonchev–Trinajstić information content (AvgIpc) is 2.20. The quantitative estimate of drug-likeness (QED) is 0.584. The van der Waals surface area contributed by atoms with E-state index >= 15 is 0 Å². The summed E-state index contributed by atoms with van der Waals surface area (Å²) in [5.41, 5.74) is 10.5. The van der Waals surface area contributed by atoms with Gasteiger partial charge >= 0.3 is 0 Å². The molecule has 0 fully saturated rings. The highest BCUT2D eigenvalue weighted by molar-refractivity contribution is 5.83. The molecular formula is C11H23N3O2. The number of carbonyl (C=O) groups is 2. The Morgan fingerprint density at radius 2 is 1.81 bits per heavy atom. The fourth-order valence-corrected chi connectivity index (χ4v) is 1.47. The fraction of sp³-hybridized carbons (Fsp3) is 0.818. The average molecular weight is 229 g/mol. The summed E-state index contributed by atoms with van der Waals surface area (Å²) in [6, 6.07) is 0.00880. The molecule has 0 aliphatic heterocycles. The minimum Gasteiger partial charge on any atom is -0.368 e. The molecule has 0 unspecified atom stereocenters. The molecule has 94 valence electrons. The molecule has 0 heterocycles. The molecule has 5 heteroatoms. The van der Waals surface area contributed by atoms with Gasteiger partial charge in [-0.15, -0.1) is 0 Å². The fourth-order valence-electron chi connectivity index (χ4n) is 1.47. The van der Waals surface area contributed by atoms with Crippen molar-refractivity contribution >= 4 is 11.8 Å². The van der Waals surface area contributed by atoms with Gasteiger partial charge in [0.25, 0.3) is 0 Å². The molecule has 0 aromatic heterocycles. The van der Waals surface area contributed by atoms with Crippen molar-refractivity contribution in [3.05, 3.63) is 0 Å². The maximum absolute atomic E-state index is 11.8. The molecule has 4 N–H and O–H groups in total. The van der Waals surface area contributed by atoms with Crippen molar-refractivity contribution in [1.82, 2.24) is 4.90 Å². The van der Waals surface area contributed by atoms with Crippen molar-refractivity contribution in [3.8, 4) is 0 Å². The summed E-state index contributed by atoms with van der Waals surface area (Å²) in [4.78, 5) is 24.1. The summed E-state index contributed by atoms with van der Waals surface area (Å²) in [5, 5.41) is 0. The van der Waals surface area contributed by atoms with Gasteiger partial charge in [0.15, 0.2) is 0 Å². The van der Waals surface area contributed by atoms with E-state index in [1.165, 1.54) is 4.90 Å². The molecule has 0 aromatic carbocycles. The molecule has 0 atom stereocenters. The van der Waals surface area contributed by atoms with Gasteiger partial charge < -0.3 is 16.4 Å². The molecule has 2 amide bonds. The van der Waals surface area contributed by atoms with Crippen LogP contribution in [0.15, 0.2) is 0 Å². The van der Waals surface area contributed by atoms with E-state index in [-0.39, 0.29) is 18.5 Å². The second-order valence-electron chi connectivity index (χ2n) is 4.18. The number of amides is 2. The lowest BCUT2D eigenvalue weighted by Gasteiger charge is -2.25. The first-order valence-corrected chi connectivity index (χ1v) is 5.77. The zero-order valence-corrected chi connectivity index (χ0v) is 10.2. The van der Waals surface area contributed by atoms with Crippen molar-refractivity contribution in [2.24, 2.45) is 11.5 Å². The Kier molecular flexibility index (Phi) is 7.54. The van der Waals surface area contributed by atoms with Gasteiger partial charge in [-0.3, -0.25) is 9.59 Å². The summed E-state index contributed by atoms with van der Waals surface area (Å²) in [6.45, 7) is 4.41. The molecule has 16 heavy (non-hydrogen) atoms. The van der Waals surface area contributed by atoms with Crippen LogP contribution in [-0.4, -0.2) is 35.8 Å². The van der Waals surface area contributed by atoms with Crippen LogP contribution in [0.25, 0.3) is 0 Å². The SMILES string of the molecule is CC(C)N(CC(N)=O)C(=O)CCCCCN. The lowest BCUT2D eigenvalue weighted by Crippen LogP contribution is -2.42. The van der Waals surface area contributed by atoms with E-state index < -0.39 is 5.91 Å². The molecular weight excluding hydrogens is 206 g/mol. The minimum absolute atomic E-state index is 0.00733. The summed E-state index contributed by atoms with van der Waals surface area (Å²) < 4.78 is 0. The van der Waals surface area contributed by atoms with Crippen LogP contribution in [0, 0.1) is 0 Å². The number of primary amides is 1. The van der Waals surface area contributed by atoms with Crippen LogP contribution >= 0.6 is 0 Å². The predicted molar refractivity (Wildman–Crippen MR) is 63.6 cm³/mol. The zero-order chi connectivity index (χ0) is 12.6. The van der Waals surface area contributed by atoms with Gasteiger partial charge in [0, 0.05) is 12.5 Å². The van der Waals surface area contributed by atoms with E-state index in [4.69, 9.17) is 11.5 Å². The number of hydrogen-bond acceptors (Lipinski definition) is 3. The van der Waals surface area contributed by atoms with Gasteiger partial charge in [0.05, 0.1) is 6.54 Å². The summed E-state index contributed by atoms with van der Waals surface area (Å²) in [7, 11) is 0. The number of nitrogens with zero attached hydrogens (tertiary/aromatic N) is 1. The van der Waals surface area contributed by atoms with Crippen LogP contribution in [0.1, 0.15) is 39.5 Å². The van der Waals surface area contributed by atoms with Crippen molar-refractivity contribution in [2.45, 2.75) is 45.6 Å². The van der Waals surface area contributed by atoms with E-state index in [0.717, 1.165) is 19.3 Å². The van der Waals surface area contributed by atoms with Crippen LogP contribution in [0.3, 0.4) is 0 Å². The molecule has 0 rings (SSSR count). The molecule has 0 saturated heterocycles. The smallest absolute Gasteiger partial charge is 0.237 e. The highest BCUT2D eigenvalue weighted by atomic mass is 16.2. The van der Waals surface area contributed by atoms with Gasteiger partial charge in [-0.1, -0.05) is 6.42 Å². The van der Waals surface area contributed by atoms with Gasteiger partial charge in [-0.25, -0.2) is 0 Å². The normalized spacial score (nSPS) is 10.5. The van der Waals surface area contributed by atoms with Crippen molar-refractivity contribution in [1.29, 1.82) is 0 Å². The highest BCUT2D eigenvalue weighted by Crippen LogP contribution is 2.06. The number of nitrogens with two attached hydrogens (primary N) is 2. The Morgan fingerprint density at radius 1 is 1.19 bits per heavy atom. The Labute approximate surface area is 97.2 Å². The largest absolute Gasteiger partial charge is 0.368 e. The third-order valence-electron chi connectivity index (χ3n) is 2.36. The van der Waals surface area contributed by atoms with Crippen LogP contribution in [0.4, 0.5) is 0 Å². The molecule has 0 radical (unpaired) electrons. The van der Waals surface area contributed by atoms with E-state index in [2.05, 4.69) is 0 Å². The Hall–Kier alpha value is -1.10. The first-order valence-electron chi connectivity index (χ1n) is 5.77. The van der Waals surface area contributed by atoms with Crippen LogP contribution < -0.4 is 11.5 Å². The van der Waals surface area contributed by atoms with Gasteiger partial charge in [-0.05, 0) is 33.2 Å². The maximum atomic E-state index is 11.8. The number of rotatable bonds is 8. The third-order valence-corrected chi connectivity index (χ3v) is 2.36. The Bertz CT molecular complexity index is 229. The van der Waals surface area contributed by atoms with E-state index in [0.29, 0.717) is 13.0 Å². The van der Waals surface area contributed by atoms with Crippen LogP contribution in [-0.2, 0) is 9.59 Å². The monoisotopic (exact) mass is 229 g/mol. The number of hydrogen-bond donors (Lipinski definition) is 2. The number of unbranched alkanes of at least 4 members (excludes halogenated alkanes) is 2. The van der Waals surface area contributed by atoms with E-state index in [9.17, 15) is 9.59 Å². The molecule has 0 spiro atoms. The number of carbonyl (C=O) groups excluding carboxylic acids is 2. The van der Waals surface area contributed by atoms with Gasteiger partial charge in [-0.2, -0.15) is 0 Å². The molecule has 0 aliphatic rings. The van der Waals surface area contributed by atoms with Crippen molar-refractivity contribution < 1.29 is 9.59 Å². The second kappa shape index (κ2) is 8.10. The molecule has 0 aromatic rings. The second-order valence-corrected chi connectivity index (χ2v) is 4.18. The van der Waals surface area contributed by atoms with E-state index in [1.807, 2.05) is 13.8 Å². The summed E-state index contributed by atoms with van der Waals surface area (Å²) in [6.07, 6.45) is 3.17. The topological polar surface area (TPSA) is 89.4 Å². The Morgan fingerprint density at radius 3 is 2.25 bits per heavy atom. The Balaban J connectivity index is 4.02. The third kappa shape index (κ3) is 6.40.